The van der Waals surface area contributed by atoms with Gasteiger partial charge in [-0.2, -0.15) is 0 Å². The zero-order chi connectivity index (χ0) is 47.4. The zero-order valence-electron chi connectivity index (χ0n) is 40.5. The number of carbonyl (C=O) groups excluding carboxylic acids is 2. The summed E-state index contributed by atoms with van der Waals surface area (Å²) in [5.41, 5.74) is 2.91. The number of benzene rings is 2. The zero-order valence-corrected chi connectivity index (χ0v) is 40.5. The summed E-state index contributed by atoms with van der Waals surface area (Å²) in [5, 5.41) is 24.9. The molecule has 0 bridgehead atoms. The Balaban J connectivity index is 1.40. The third kappa shape index (κ3) is 13.4. The molecule has 13 heteroatoms. The average Bonchev–Trinajstić information content (AvgIpc) is 3.35. The van der Waals surface area contributed by atoms with Gasteiger partial charge in [-0.15, -0.1) is 6.58 Å². The molecule has 13 nitrogen and oxygen atoms in total. The van der Waals surface area contributed by atoms with E-state index in [1.54, 1.807) is 36.2 Å². The first kappa shape index (κ1) is 52.0. The predicted octanol–water partition coefficient (Wildman–Crippen LogP) is 11.4. The summed E-state index contributed by atoms with van der Waals surface area (Å²) < 4.78 is 38.2. The lowest BCUT2D eigenvalue weighted by atomic mass is 9.55. The molecule has 2 aromatic carbocycles. The number of amides is 1. The second-order valence-electron chi connectivity index (χ2n) is 18.7. The lowest BCUT2D eigenvalue weighted by Crippen LogP contribution is -2.69. The minimum absolute atomic E-state index is 0.0300. The van der Waals surface area contributed by atoms with Crippen LogP contribution >= 0.6 is 0 Å². The van der Waals surface area contributed by atoms with Crippen molar-refractivity contribution in [3.63, 3.8) is 0 Å². The predicted molar refractivity (Wildman–Crippen MR) is 259 cm³/mol. The summed E-state index contributed by atoms with van der Waals surface area (Å²) in [4.78, 5) is 34.2. The summed E-state index contributed by atoms with van der Waals surface area (Å²) in [6, 6.07) is 10.2. The molecule has 1 saturated carbocycles. The van der Waals surface area contributed by atoms with Crippen LogP contribution in [0.25, 0.3) is 0 Å². The number of aldehydes is 1. The van der Waals surface area contributed by atoms with Crippen molar-refractivity contribution in [2.75, 3.05) is 47.2 Å². The maximum atomic E-state index is 14.3. The molecule has 2 N–H and O–H groups in total. The highest BCUT2D eigenvalue weighted by Crippen LogP contribution is 2.62. The van der Waals surface area contributed by atoms with Crippen LogP contribution in [0.1, 0.15) is 157 Å². The van der Waals surface area contributed by atoms with Crippen molar-refractivity contribution < 1.29 is 53.1 Å². The molecule has 370 valence electrons. The maximum absolute atomic E-state index is 14.3. The van der Waals surface area contributed by atoms with Crippen molar-refractivity contribution >= 4 is 18.1 Å². The fraction of sp³-hybridized carbons (Fsp3) is 0.648. The van der Waals surface area contributed by atoms with Crippen molar-refractivity contribution in [3.05, 3.63) is 71.8 Å². The highest BCUT2D eigenvalue weighted by Gasteiger charge is 2.65. The smallest absolute Gasteiger partial charge is 0.409 e. The van der Waals surface area contributed by atoms with Crippen LogP contribution in [-0.4, -0.2) is 98.5 Å². The summed E-state index contributed by atoms with van der Waals surface area (Å²) in [6.45, 7) is 7.52. The Morgan fingerprint density at radius 2 is 1.64 bits per heavy atom. The average molecular weight is 931 g/mol. The molecule has 7 atom stereocenters. The first-order valence-electron chi connectivity index (χ1n) is 25.4. The summed E-state index contributed by atoms with van der Waals surface area (Å²) in [6.07, 6.45) is 23.1. The van der Waals surface area contributed by atoms with Crippen LogP contribution in [0, 0.1) is 17.8 Å². The van der Waals surface area contributed by atoms with E-state index in [0.717, 1.165) is 81.6 Å². The van der Waals surface area contributed by atoms with Gasteiger partial charge in [0, 0.05) is 44.6 Å². The number of likely N-dealkylation sites (N-methyl/N-ethyl adjacent to an activating group) is 1. The molecule has 0 aromatic heterocycles. The topological polar surface area (TPSA) is 155 Å². The molecule has 4 aliphatic rings. The van der Waals surface area contributed by atoms with Crippen molar-refractivity contribution in [3.8, 4) is 23.0 Å². The van der Waals surface area contributed by atoms with Gasteiger partial charge in [0.15, 0.2) is 6.29 Å². The number of nitrogens with zero attached hydrogens (tertiary/aromatic N) is 2. The van der Waals surface area contributed by atoms with Gasteiger partial charge in [-0.3, -0.25) is 4.79 Å². The van der Waals surface area contributed by atoms with Crippen LogP contribution in [0.3, 0.4) is 0 Å². The van der Waals surface area contributed by atoms with Crippen LogP contribution in [0.2, 0.25) is 0 Å². The van der Waals surface area contributed by atoms with Gasteiger partial charge in [-0.25, -0.2) is 4.79 Å². The monoisotopic (exact) mass is 931 g/mol. The van der Waals surface area contributed by atoms with Gasteiger partial charge in [0.25, 0.3) is 0 Å². The van der Waals surface area contributed by atoms with E-state index in [4.69, 9.17) is 38.4 Å². The first-order chi connectivity index (χ1) is 32.8. The van der Waals surface area contributed by atoms with E-state index in [9.17, 15) is 19.8 Å². The Kier molecular flexibility index (Phi) is 20.9. The number of oxime groups is 1. The number of fused-ring (bicyclic) bond motifs is 2. The normalized spacial score (nSPS) is 24.7. The molecule has 2 fully saturated rings. The molecule has 2 heterocycles. The number of unbranched alkanes of at least 4 members (excludes halogenated alkanes) is 11. The molecule has 1 amide bonds. The minimum Gasteiger partial charge on any atom is -0.496 e. The first-order valence-corrected chi connectivity index (χ1v) is 25.4. The lowest BCUT2D eigenvalue weighted by Gasteiger charge is -2.59. The molecular formula is C54H78N2O11. The van der Waals surface area contributed by atoms with Crippen LogP contribution in [0.5, 0.6) is 23.0 Å². The van der Waals surface area contributed by atoms with Gasteiger partial charge in [0.1, 0.15) is 29.0 Å². The third-order valence-corrected chi connectivity index (χ3v) is 14.1. The highest BCUT2D eigenvalue weighted by molar-refractivity contribution is 6.03. The van der Waals surface area contributed by atoms with Gasteiger partial charge in [-0.05, 0) is 98.8 Å². The van der Waals surface area contributed by atoms with E-state index < -0.39 is 30.1 Å². The lowest BCUT2D eigenvalue weighted by molar-refractivity contribution is -0.254. The molecule has 0 spiro atoms. The van der Waals surface area contributed by atoms with Crippen molar-refractivity contribution in [2.24, 2.45) is 22.9 Å². The molecule has 1 saturated heterocycles. The summed E-state index contributed by atoms with van der Waals surface area (Å²) >= 11 is 0. The minimum atomic E-state index is -1.41. The van der Waals surface area contributed by atoms with Crippen molar-refractivity contribution in [2.45, 2.75) is 159 Å². The number of aliphatic hydroxyl groups excluding tert-OH is 2. The second kappa shape index (κ2) is 26.9. The quantitative estimate of drug-likeness (QED) is 0.0347. The summed E-state index contributed by atoms with van der Waals surface area (Å²) in [7, 11) is 3.28. The molecule has 2 aromatic rings. The van der Waals surface area contributed by atoms with Crippen LogP contribution in [0.4, 0.5) is 4.79 Å². The van der Waals surface area contributed by atoms with E-state index in [1.807, 2.05) is 18.2 Å². The maximum Gasteiger partial charge on any atom is 0.409 e. The fourth-order valence-corrected chi connectivity index (χ4v) is 10.7. The number of hydrogen-bond acceptors (Lipinski definition) is 12. The van der Waals surface area contributed by atoms with Gasteiger partial charge < -0.3 is 48.4 Å². The number of hydrogen-bond donors (Lipinski definition) is 2. The van der Waals surface area contributed by atoms with Gasteiger partial charge in [0.05, 0.1) is 44.1 Å². The number of aliphatic hydroxyl groups is 2. The van der Waals surface area contributed by atoms with E-state index in [2.05, 4.69) is 19.6 Å². The third-order valence-electron chi connectivity index (χ3n) is 14.1. The number of methoxy groups -OCH3 is 1. The van der Waals surface area contributed by atoms with Gasteiger partial charge in [0.2, 0.25) is 12.1 Å². The number of ether oxygens (including phenoxy) is 6. The molecule has 2 aliphatic heterocycles. The van der Waals surface area contributed by atoms with E-state index in [0.29, 0.717) is 60.3 Å². The van der Waals surface area contributed by atoms with Gasteiger partial charge in [-0.1, -0.05) is 94.9 Å². The Morgan fingerprint density at radius 1 is 0.925 bits per heavy atom. The Hall–Kier alpha value is -4.43. The van der Waals surface area contributed by atoms with E-state index in [-0.39, 0.29) is 44.0 Å². The van der Waals surface area contributed by atoms with Crippen LogP contribution < -0.4 is 14.2 Å². The Morgan fingerprint density at radius 3 is 2.33 bits per heavy atom. The van der Waals surface area contributed by atoms with E-state index in [1.165, 1.54) is 52.1 Å². The fourth-order valence-electron chi connectivity index (χ4n) is 10.7. The SMILES string of the molecule is C=CCO[C@@]12Oc3ccc(Oc4ccc(OC)c(C=O)c4)cc3[C@H]3[C@H](CCCCO)[C@@H](CCCCO)C=C(C(=NOC4CCCCO4)C[C@@H]1N(C)C(=O)OCCCCCCCCCCCC)[C@H]32. The standard InChI is InChI=1S/C54H78N2O11/c1-5-7-8-9-10-11-12-13-14-20-33-63-53(60)56(3)49-37-46(55-67-50-24-17-21-32-62-50)44-35-39(22-15-18-29-57)43(23-16-19-30-58)51-45-36-42(65-41-25-27-47(61-4)40(34-41)38-59)26-28-48(45)66-54(49,52(44)51)64-31-6-2/h6,25-28,34-36,38-39,43,49-52,57-58H,2,5,7-24,29-33,37H2,1,3-4H3/t39-,43+,49-,50?,51+,52+,54+/m0/s1. The molecule has 6 rings (SSSR count). The molecule has 1 unspecified atom stereocenters. The van der Waals surface area contributed by atoms with Crippen molar-refractivity contribution in [1.82, 2.24) is 4.90 Å². The van der Waals surface area contributed by atoms with Gasteiger partial charge >= 0.3 is 6.09 Å². The van der Waals surface area contributed by atoms with E-state index >= 15 is 0 Å². The van der Waals surface area contributed by atoms with Crippen LogP contribution in [-0.2, 0) is 19.0 Å². The Bertz CT molecular complexity index is 1930. The number of rotatable bonds is 29. The number of allylic oxidation sites excluding steroid dienone is 1. The Labute approximate surface area is 399 Å². The highest BCUT2D eigenvalue weighted by atomic mass is 16.8. The summed E-state index contributed by atoms with van der Waals surface area (Å²) in [5.74, 6) is 0.0256. The molecule has 2 aliphatic carbocycles. The van der Waals surface area contributed by atoms with Crippen molar-refractivity contribution in [1.29, 1.82) is 0 Å². The molecule has 67 heavy (non-hydrogen) atoms. The van der Waals surface area contributed by atoms with Crippen LogP contribution in [0.15, 0.2) is 65.9 Å². The largest absolute Gasteiger partial charge is 0.496 e. The molecule has 0 radical (unpaired) electrons. The molecular weight excluding hydrogens is 853 g/mol. The number of carbonyl (C=O) groups is 2. The second-order valence-corrected chi connectivity index (χ2v) is 18.7.